The van der Waals surface area contributed by atoms with E-state index in [9.17, 15) is 13.2 Å². The summed E-state index contributed by atoms with van der Waals surface area (Å²) in [5.74, 6) is 0. The summed E-state index contributed by atoms with van der Waals surface area (Å²) in [7, 11) is 0. The lowest BCUT2D eigenvalue weighted by molar-refractivity contribution is -0.137. The minimum Gasteiger partial charge on any atom is -0.381 e. The summed E-state index contributed by atoms with van der Waals surface area (Å²) < 4.78 is 38.0. The highest BCUT2D eigenvalue weighted by molar-refractivity contribution is 5.63. The van der Waals surface area contributed by atoms with Crippen LogP contribution in [0.4, 0.5) is 18.9 Å². The fraction of sp³-hybridized carbons (Fsp3) is 0.211. The molecule has 0 atom stereocenters. The van der Waals surface area contributed by atoms with E-state index in [1.807, 2.05) is 26.0 Å². The van der Waals surface area contributed by atoms with Gasteiger partial charge in [0.25, 0.3) is 0 Å². The quantitative estimate of drug-likeness (QED) is 0.671. The second kappa shape index (κ2) is 6.63. The molecule has 0 saturated carbocycles. The Morgan fingerprint density at radius 2 is 1.64 bits per heavy atom. The van der Waals surface area contributed by atoms with Gasteiger partial charge in [-0.1, -0.05) is 18.2 Å². The van der Waals surface area contributed by atoms with Crippen LogP contribution in [0, 0.1) is 13.8 Å². The monoisotopic (exact) mass is 345 g/mol. The fourth-order valence-electron chi connectivity index (χ4n) is 2.79. The molecule has 2 aromatic carbocycles. The van der Waals surface area contributed by atoms with Gasteiger partial charge in [0.05, 0.1) is 11.3 Å². The maximum Gasteiger partial charge on any atom is 0.416 e. The van der Waals surface area contributed by atoms with Crippen molar-refractivity contribution in [3.63, 3.8) is 0 Å². The van der Waals surface area contributed by atoms with Crippen LogP contribution in [0.5, 0.6) is 0 Å². The third-order valence-electron chi connectivity index (χ3n) is 3.91. The molecule has 25 heavy (non-hydrogen) atoms. The molecular formula is C19H18F3N3. The number of hydrogen-bond acceptors (Lipinski definition) is 2. The van der Waals surface area contributed by atoms with E-state index in [-0.39, 0.29) is 0 Å². The second-order valence-electron chi connectivity index (χ2n) is 6.06. The van der Waals surface area contributed by atoms with Gasteiger partial charge in [0.2, 0.25) is 0 Å². The largest absolute Gasteiger partial charge is 0.416 e. The molecule has 0 saturated heterocycles. The molecule has 2 N–H and O–H groups in total. The van der Waals surface area contributed by atoms with Crippen LogP contribution in [0.25, 0.3) is 11.3 Å². The van der Waals surface area contributed by atoms with Crippen LogP contribution in [-0.4, -0.2) is 10.2 Å². The zero-order valence-corrected chi connectivity index (χ0v) is 13.9. The van der Waals surface area contributed by atoms with Gasteiger partial charge in [-0.25, -0.2) is 0 Å². The van der Waals surface area contributed by atoms with E-state index in [2.05, 4.69) is 21.6 Å². The maximum absolute atomic E-state index is 12.7. The fourth-order valence-corrected chi connectivity index (χ4v) is 2.79. The molecule has 0 aliphatic heterocycles. The van der Waals surface area contributed by atoms with Crippen LogP contribution < -0.4 is 5.32 Å². The number of aromatic nitrogens is 2. The predicted molar refractivity (Wildman–Crippen MR) is 92.3 cm³/mol. The highest BCUT2D eigenvalue weighted by Crippen LogP contribution is 2.31. The first-order valence-corrected chi connectivity index (χ1v) is 7.85. The van der Waals surface area contributed by atoms with E-state index >= 15 is 0 Å². The number of hydrogen-bond donors (Lipinski definition) is 2. The first-order chi connectivity index (χ1) is 11.8. The molecule has 3 aromatic rings. The van der Waals surface area contributed by atoms with Gasteiger partial charge >= 0.3 is 6.18 Å². The third kappa shape index (κ3) is 4.02. The second-order valence-corrected chi connectivity index (χ2v) is 6.06. The minimum atomic E-state index is -4.34. The number of benzene rings is 2. The van der Waals surface area contributed by atoms with E-state index in [1.165, 1.54) is 12.1 Å². The van der Waals surface area contributed by atoms with Crippen LogP contribution in [0.15, 0.2) is 48.7 Å². The number of alkyl halides is 3. The maximum atomic E-state index is 12.7. The minimum absolute atomic E-state index is 0.524. The van der Waals surface area contributed by atoms with Crippen molar-refractivity contribution < 1.29 is 13.2 Å². The summed E-state index contributed by atoms with van der Waals surface area (Å²) in [5.41, 5.74) is 4.84. The van der Waals surface area contributed by atoms with Crippen molar-refractivity contribution in [1.29, 1.82) is 0 Å². The number of anilines is 1. The van der Waals surface area contributed by atoms with E-state index in [4.69, 9.17) is 0 Å². The highest BCUT2D eigenvalue weighted by Gasteiger charge is 2.30. The number of rotatable bonds is 4. The lowest BCUT2D eigenvalue weighted by atomic mass is 10.1. The summed E-state index contributed by atoms with van der Waals surface area (Å²) in [6.07, 6.45) is -2.58. The predicted octanol–water partition coefficient (Wildman–Crippen LogP) is 5.32. The normalized spacial score (nSPS) is 11.6. The van der Waals surface area contributed by atoms with E-state index < -0.39 is 11.7 Å². The van der Waals surface area contributed by atoms with E-state index in [1.54, 1.807) is 6.20 Å². The molecule has 0 radical (unpaired) electrons. The van der Waals surface area contributed by atoms with Crippen LogP contribution in [0.1, 0.15) is 22.3 Å². The molecule has 0 aliphatic carbocycles. The van der Waals surface area contributed by atoms with Crippen molar-refractivity contribution in [2.45, 2.75) is 26.6 Å². The number of aryl methyl sites for hydroxylation is 2. The molecule has 0 amide bonds. The van der Waals surface area contributed by atoms with E-state index in [0.29, 0.717) is 17.8 Å². The van der Waals surface area contributed by atoms with Gasteiger partial charge in [-0.3, -0.25) is 5.10 Å². The molecule has 0 aliphatic rings. The molecule has 130 valence electrons. The van der Waals surface area contributed by atoms with Crippen LogP contribution in [0.2, 0.25) is 0 Å². The molecule has 1 aromatic heterocycles. The van der Waals surface area contributed by atoms with Crippen LogP contribution >= 0.6 is 0 Å². The number of H-pyrrole nitrogens is 1. The van der Waals surface area contributed by atoms with Crippen LogP contribution in [-0.2, 0) is 12.7 Å². The molecule has 3 nitrogen and oxygen atoms in total. The molecule has 0 unspecified atom stereocenters. The Bertz CT molecular complexity index is 844. The van der Waals surface area contributed by atoms with Gasteiger partial charge in [0.1, 0.15) is 0 Å². The number of aromatic amines is 1. The summed E-state index contributed by atoms with van der Waals surface area (Å²) in [6.45, 7) is 4.59. The van der Waals surface area contributed by atoms with Crippen molar-refractivity contribution in [3.05, 3.63) is 70.9 Å². The van der Waals surface area contributed by atoms with Gasteiger partial charge in [0, 0.05) is 29.6 Å². The molecule has 1 heterocycles. The molecule has 0 bridgehead atoms. The molecule has 0 fully saturated rings. The smallest absolute Gasteiger partial charge is 0.381 e. The number of nitrogens with one attached hydrogen (secondary N) is 2. The Kier molecular flexibility index (Phi) is 4.53. The van der Waals surface area contributed by atoms with E-state index in [0.717, 1.165) is 34.5 Å². The Balaban J connectivity index is 1.78. The summed E-state index contributed by atoms with van der Waals surface area (Å²) in [6, 6.07) is 11.2. The van der Waals surface area contributed by atoms with Crippen molar-refractivity contribution in [2.24, 2.45) is 0 Å². The van der Waals surface area contributed by atoms with Crippen molar-refractivity contribution in [2.75, 3.05) is 5.32 Å². The molecule has 6 heteroatoms. The standard InChI is InChI=1S/C19H18F3N3/c1-12-7-13(2)9-17(8-12)23-10-15-11-24-25-18(15)14-3-5-16(6-4-14)19(20,21)22/h3-9,11,23H,10H2,1-2H3,(H,24,25). The lowest BCUT2D eigenvalue weighted by Gasteiger charge is -2.10. The van der Waals surface area contributed by atoms with Gasteiger partial charge in [-0.15, -0.1) is 0 Å². The lowest BCUT2D eigenvalue weighted by Crippen LogP contribution is -2.04. The van der Waals surface area contributed by atoms with Gasteiger partial charge < -0.3 is 5.32 Å². The average Bonchev–Trinajstić information content (AvgIpc) is 3.00. The Hall–Kier alpha value is -2.76. The SMILES string of the molecule is Cc1cc(C)cc(NCc2c[nH]nc2-c2ccc(C(F)(F)F)cc2)c1. The van der Waals surface area contributed by atoms with Gasteiger partial charge in [0.15, 0.2) is 0 Å². The summed E-state index contributed by atoms with van der Waals surface area (Å²) in [5, 5.41) is 10.3. The number of halogens is 3. The Morgan fingerprint density at radius 1 is 1.00 bits per heavy atom. The van der Waals surface area contributed by atoms with Gasteiger partial charge in [-0.2, -0.15) is 18.3 Å². The van der Waals surface area contributed by atoms with Crippen molar-refractivity contribution in [3.8, 4) is 11.3 Å². The zero-order chi connectivity index (χ0) is 18.0. The topological polar surface area (TPSA) is 40.7 Å². The highest BCUT2D eigenvalue weighted by atomic mass is 19.4. The van der Waals surface area contributed by atoms with Crippen molar-refractivity contribution in [1.82, 2.24) is 10.2 Å². The van der Waals surface area contributed by atoms with Gasteiger partial charge in [-0.05, 0) is 49.2 Å². The van der Waals surface area contributed by atoms with Crippen LogP contribution in [0.3, 0.4) is 0 Å². The first-order valence-electron chi connectivity index (χ1n) is 7.85. The number of nitrogens with zero attached hydrogens (tertiary/aromatic N) is 1. The molecule has 3 rings (SSSR count). The first kappa shape index (κ1) is 17.1. The third-order valence-corrected chi connectivity index (χ3v) is 3.91. The van der Waals surface area contributed by atoms with Crippen molar-refractivity contribution >= 4 is 5.69 Å². The Labute approximate surface area is 143 Å². The molecular weight excluding hydrogens is 327 g/mol. The zero-order valence-electron chi connectivity index (χ0n) is 13.9. The average molecular weight is 345 g/mol. The summed E-state index contributed by atoms with van der Waals surface area (Å²) >= 11 is 0. The Morgan fingerprint density at radius 3 is 2.24 bits per heavy atom. The summed E-state index contributed by atoms with van der Waals surface area (Å²) in [4.78, 5) is 0. The molecule has 0 spiro atoms.